The van der Waals surface area contributed by atoms with E-state index in [1.165, 1.54) is 0 Å². The summed E-state index contributed by atoms with van der Waals surface area (Å²) in [6, 6.07) is 0. The molecule has 0 aliphatic rings. The van der Waals surface area contributed by atoms with E-state index in [0.717, 1.165) is 12.0 Å². The highest BCUT2D eigenvalue weighted by Crippen LogP contribution is 1.87. The van der Waals surface area contributed by atoms with E-state index in [2.05, 4.69) is 17.9 Å². The maximum atomic E-state index is 4.92. The molecule has 0 amide bonds. The molecular weight excluding hydrogens is 88.1 g/mol. The fourth-order valence-electron chi connectivity index (χ4n) is 0.212. The summed E-state index contributed by atoms with van der Waals surface area (Å²) in [6.07, 6.45) is 1.00. The number of nitrogens with one attached hydrogen (secondary N) is 1. The summed E-state index contributed by atoms with van der Waals surface area (Å²) in [5, 5.41) is 2.33. The van der Waals surface area contributed by atoms with Gasteiger partial charge in [0.25, 0.3) is 0 Å². The van der Waals surface area contributed by atoms with E-state index in [1.54, 1.807) is 0 Å². The molecule has 0 aromatic rings. The molecule has 0 aromatic heterocycles. The van der Waals surface area contributed by atoms with Gasteiger partial charge in [0.1, 0.15) is 0 Å². The van der Waals surface area contributed by atoms with Crippen LogP contribution in [0.1, 0.15) is 20.3 Å². The number of allylic oxidation sites excluding steroid dienone is 1. The summed E-state index contributed by atoms with van der Waals surface area (Å²) in [4.78, 5) is 0. The summed E-state index contributed by atoms with van der Waals surface area (Å²) in [5.41, 5.74) is 1.14. The Balaban J connectivity index is 3.74. The largest absolute Gasteiger partial charge is 0.204 e. The van der Waals surface area contributed by atoms with Crippen LogP contribution in [-0.2, 0) is 0 Å². The van der Waals surface area contributed by atoms with Gasteiger partial charge >= 0.3 is 0 Å². The summed E-state index contributed by atoms with van der Waals surface area (Å²) < 4.78 is 0. The third-order valence-electron chi connectivity index (χ3n) is 0.816. The Labute approximate surface area is 43.7 Å². The van der Waals surface area contributed by atoms with Crippen LogP contribution in [0.15, 0.2) is 5.57 Å². The Morgan fingerprint density at radius 3 is 2.57 bits per heavy atom. The van der Waals surface area contributed by atoms with E-state index in [1.807, 2.05) is 6.92 Å². The average Bonchev–Trinajstić information content (AvgIpc) is 1.68. The molecule has 0 fully saturated rings. The zero-order valence-corrected chi connectivity index (χ0v) is 4.78. The molecule has 0 saturated carbocycles. The highest BCUT2D eigenvalue weighted by molar-refractivity contribution is 5.50. The zero-order chi connectivity index (χ0) is 5.70. The van der Waals surface area contributed by atoms with Gasteiger partial charge in [0.2, 0.25) is 0 Å². The zero-order valence-electron chi connectivity index (χ0n) is 4.78. The van der Waals surface area contributed by atoms with Crippen LogP contribution < -0.4 is 10.9 Å². The van der Waals surface area contributed by atoms with Gasteiger partial charge in [0, 0.05) is 5.57 Å². The van der Waals surface area contributed by atoms with E-state index < -0.39 is 0 Å². The molecule has 3 N–H and O–H groups in total. The summed E-state index contributed by atoms with van der Waals surface area (Å²) >= 11 is 0. The van der Waals surface area contributed by atoms with E-state index >= 15 is 0 Å². The summed E-state index contributed by atoms with van der Waals surface area (Å²) in [6.45, 7) is 4.03. The van der Waals surface area contributed by atoms with Crippen LogP contribution in [0.25, 0.3) is 0 Å². The van der Waals surface area contributed by atoms with Crippen LogP contribution in [-0.4, -0.2) is 5.87 Å². The van der Waals surface area contributed by atoms with Crippen LogP contribution in [0, 0.1) is 0 Å². The van der Waals surface area contributed by atoms with Gasteiger partial charge in [-0.25, -0.2) is 5.84 Å². The molecule has 2 heteroatoms. The van der Waals surface area contributed by atoms with Crippen molar-refractivity contribution in [2.24, 2.45) is 5.84 Å². The predicted octanol–water partition coefficient (Wildman–Crippen LogP) is -1.03. The minimum absolute atomic E-state index is 1.00. The SMILES string of the molecule is CCC(C)=C=[NH+]N. The lowest BCUT2D eigenvalue weighted by Gasteiger charge is -1.76. The van der Waals surface area contributed by atoms with Crippen molar-refractivity contribution in [2.45, 2.75) is 20.3 Å². The van der Waals surface area contributed by atoms with Crippen molar-refractivity contribution in [3.63, 3.8) is 0 Å². The number of hydrazone groups is 1. The highest BCUT2D eigenvalue weighted by Gasteiger charge is 1.79. The molecule has 0 atom stereocenters. The Hall–Kier alpha value is -0.750. The van der Waals surface area contributed by atoms with Crippen LogP contribution in [0.2, 0.25) is 0 Å². The van der Waals surface area contributed by atoms with Crippen molar-refractivity contribution in [1.29, 1.82) is 0 Å². The topological polar surface area (TPSA) is 40.0 Å². The molecule has 0 aromatic carbocycles. The van der Waals surface area contributed by atoms with Crippen molar-refractivity contribution in [2.75, 3.05) is 0 Å². The van der Waals surface area contributed by atoms with Gasteiger partial charge in [-0.3, -0.25) is 0 Å². The number of nitrogens with two attached hydrogens (primary N) is 1. The van der Waals surface area contributed by atoms with Gasteiger partial charge in [-0.1, -0.05) is 12.0 Å². The molecule has 0 heterocycles. The van der Waals surface area contributed by atoms with Crippen LogP contribution in [0.3, 0.4) is 0 Å². The first-order chi connectivity index (χ1) is 3.31. The molecule has 0 aliphatic carbocycles. The van der Waals surface area contributed by atoms with Gasteiger partial charge in [-0.05, 0) is 13.3 Å². The molecule has 0 radical (unpaired) electrons. The number of hydrogen-bond acceptors (Lipinski definition) is 1. The lowest BCUT2D eigenvalue weighted by molar-refractivity contribution is -0.461. The highest BCUT2D eigenvalue weighted by atomic mass is 15.1. The van der Waals surface area contributed by atoms with Gasteiger partial charge < -0.3 is 0 Å². The molecule has 0 aliphatic heterocycles. The lowest BCUT2D eigenvalue weighted by atomic mass is 10.3. The van der Waals surface area contributed by atoms with Gasteiger partial charge in [0.05, 0.1) is 0 Å². The van der Waals surface area contributed by atoms with E-state index in [-0.39, 0.29) is 0 Å². The first kappa shape index (κ1) is 6.25. The monoisotopic (exact) mass is 99.1 g/mol. The second-order valence-corrected chi connectivity index (χ2v) is 1.40. The number of hydrazine groups is 1. The van der Waals surface area contributed by atoms with Crippen molar-refractivity contribution in [1.82, 2.24) is 0 Å². The molecule has 0 unspecified atom stereocenters. The van der Waals surface area contributed by atoms with Crippen LogP contribution in [0.5, 0.6) is 0 Å². The quantitative estimate of drug-likeness (QED) is 0.246. The van der Waals surface area contributed by atoms with Gasteiger partial charge in [0.15, 0.2) is 5.87 Å². The van der Waals surface area contributed by atoms with Gasteiger partial charge in [-0.15, -0.1) is 0 Å². The van der Waals surface area contributed by atoms with Crippen molar-refractivity contribution in [3.8, 4) is 0 Å². The maximum absolute atomic E-state index is 4.92. The van der Waals surface area contributed by atoms with Crippen molar-refractivity contribution in [3.05, 3.63) is 5.57 Å². The second kappa shape index (κ2) is 3.44. The molecule has 40 valence electrons. The fourth-order valence-corrected chi connectivity index (χ4v) is 0.212. The van der Waals surface area contributed by atoms with E-state index in [0.29, 0.717) is 0 Å². The third-order valence-corrected chi connectivity index (χ3v) is 0.816. The minimum Gasteiger partial charge on any atom is -0.204 e. The number of hydrogen-bond donors (Lipinski definition) is 2. The standard InChI is InChI=1S/C5H10N2/c1-3-5(2)4-7-6/h3,6H2,1-2H3/p+1. The second-order valence-electron chi connectivity index (χ2n) is 1.40. The number of rotatable bonds is 1. The Morgan fingerprint density at radius 2 is 2.43 bits per heavy atom. The Bertz CT molecular complexity index is 98.6. The van der Waals surface area contributed by atoms with E-state index in [9.17, 15) is 0 Å². The molecule has 0 saturated heterocycles. The van der Waals surface area contributed by atoms with Crippen molar-refractivity contribution >= 4 is 5.87 Å². The molecule has 0 rings (SSSR count). The molecular formula is C5H11N2+. The molecule has 0 spiro atoms. The fraction of sp³-hybridized carbons (Fsp3) is 0.600. The van der Waals surface area contributed by atoms with Crippen LogP contribution in [0.4, 0.5) is 0 Å². The first-order valence-electron chi connectivity index (χ1n) is 2.35. The minimum atomic E-state index is 1.00. The Morgan fingerprint density at radius 1 is 1.86 bits per heavy atom. The van der Waals surface area contributed by atoms with E-state index in [4.69, 9.17) is 5.84 Å². The smallest absolute Gasteiger partial charge is 0.194 e. The summed E-state index contributed by atoms with van der Waals surface area (Å²) in [5.74, 6) is 7.66. The first-order valence-corrected chi connectivity index (χ1v) is 2.35. The summed E-state index contributed by atoms with van der Waals surface area (Å²) in [7, 11) is 0. The van der Waals surface area contributed by atoms with Crippen molar-refractivity contribution < 1.29 is 5.10 Å². The molecule has 0 bridgehead atoms. The maximum Gasteiger partial charge on any atom is 0.194 e. The normalized spacial score (nSPS) is 7.14. The average molecular weight is 99.2 g/mol. The van der Waals surface area contributed by atoms with Gasteiger partial charge in [-0.2, -0.15) is 0 Å². The Kier molecular flexibility index (Phi) is 3.07. The molecule has 2 nitrogen and oxygen atoms in total. The third kappa shape index (κ3) is 3.07. The molecule has 7 heavy (non-hydrogen) atoms. The van der Waals surface area contributed by atoms with Crippen LogP contribution >= 0.6 is 0 Å². The predicted molar refractivity (Wildman–Crippen MR) is 29.6 cm³/mol. The lowest BCUT2D eigenvalue weighted by Crippen LogP contribution is -2.75.